The zero-order valence-electron chi connectivity index (χ0n) is 24.1. The molecule has 38 heavy (non-hydrogen) atoms. The molecular weight excluding hydrogens is 468 g/mol. The summed E-state index contributed by atoms with van der Waals surface area (Å²) in [5.41, 5.74) is 9.17. The van der Waals surface area contributed by atoms with E-state index in [9.17, 15) is 0 Å². The maximum atomic E-state index is 6.12. The number of nitrogens with zero attached hydrogens (tertiary/aromatic N) is 4. The number of rotatable bonds is 7. The molecule has 2 heterocycles. The monoisotopic (exact) mass is 512 g/mol. The van der Waals surface area contributed by atoms with Crippen LogP contribution < -0.4 is 4.90 Å². The normalized spacial score (nSPS) is 21.6. The molecule has 0 saturated carbocycles. The average Bonchev–Trinajstić information content (AvgIpc) is 2.92. The predicted molar refractivity (Wildman–Crippen MR) is 157 cm³/mol. The topological polar surface area (TPSA) is 41.5 Å². The summed E-state index contributed by atoms with van der Waals surface area (Å²) < 4.78 is 6.12. The summed E-state index contributed by atoms with van der Waals surface area (Å²) in [6, 6.07) is 16.0. The number of ether oxygens (including phenoxy) is 1. The Balaban J connectivity index is 1.59. The molecule has 2 aromatic carbocycles. The summed E-state index contributed by atoms with van der Waals surface area (Å²) in [6.45, 7) is 13.5. The number of aryl methyl sites for hydroxylation is 4. The number of anilines is 1. The lowest BCUT2D eigenvalue weighted by molar-refractivity contribution is -0.00555. The maximum absolute atomic E-state index is 6.12. The highest BCUT2D eigenvalue weighted by Gasteiger charge is 2.30. The SMILES string of the molecule is CCc1cccc(CC)c1-c1nc(C)c(CN(C)C2CCCc3ccccc32)c(N2C[C@H](C)O[C@@H](C)C2)n1. The van der Waals surface area contributed by atoms with Gasteiger partial charge in [0.05, 0.1) is 12.2 Å². The van der Waals surface area contributed by atoms with Crippen LogP contribution in [-0.4, -0.2) is 47.2 Å². The molecule has 1 unspecified atom stereocenters. The fraction of sp³-hybridized carbons (Fsp3) is 0.515. The van der Waals surface area contributed by atoms with Gasteiger partial charge in [0.2, 0.25) is 0 Å². The number of fused-ring (bicyclic) bond motifs is 1. The molecule has 5 rings (SSSR count). The number of hydrogen-bond donors (Lipinski definition) is 0. The van der Waals surface area contributed by atoms with Crippen molar-refractivity contribution in [2.24, 2.45) is 0 Å². The lowest BCUT2D eigenvalue weighted by Gasteiger charge is -2.38. The van der Waals surface area contributed by atoms with E-state index in [1.807, 2.05) is 0 Å². The lowest BCUT2D eigenvalue weighted by Crippen LogP contribution is -2.46. The van der Waals surface area contributed by atoms with Gasteiger partial charge < -0.3 is 9.64 Å². The Morgan fingerprint density at radius 1 is 0.947 bits per heavy atom. The third kappa shape index (κ3) is 5.37. The largest absolute Gasteiger partial charge is 0.372 e. The Hall–Kier alpha value is -2.76. The maximum Gasteiger partial charge on any atom is 0.162 e. The summed E-state index contributed by atoms with van der Waals surface area (Å²) in [7, 11) is 2.27. The zero-order valence-corrected chi connectivity index (χ0v) is 24.1. The average molecular weight is 513 g/mol. The summed E-state index contributed by atoms with van der Waals surface area (Å²) >= 11 is 0. The molecule has 3 atom stereocenters. The number of morpholine rings is 1. The van der Waals surface area contributed by atoms with Crippen molar-refractivity contribution in [1.29, 1.82) is 0 Å². The molecule has 1 aliphatic carbocycles. The second-order valence-electron chi connectivity index (χ2n) is 11.3. The Kier molecular flexibility index (Phi) is 8.15. The van der Waals surface area contributed by atoms with Crippen molar-refractivity contribution in [2.75, 3.05) is 25.0 Å². The summed E-state index contributed by atoms with van der Waals surface area (Å²) in [5, 5.41) is 0. The molecule has 5 nitrogen and oxygen atoms in total. The van der Waals surface area contributed by atoms with Crippen LogP contribution in [0.15, 0.2) is 42.5 Å². The molecule has 5 heteroatoms. The van der Waals surface area contributed by atoms with Crippen molar-refractivity contribution in [3.8, 4) is 11.4 Å². The van der Waals surface area contributed by atoms with Gasteiger partial charge in [-0.05, 0) is 82.2 Å². The highest BCUT2D eigenvalue weighted by molar-refractivity contribution is 5.68. The minimum Gasteiger partial charge on any atom is -0.372 e. The summed E-state index contributed by atoms with van der Waals surface area (Å²) in [4.78, 5) is 15.6. The highest BCUT2D eigenvalue weighted by Crippen LogP contribution is 2.37. The van der Waals surface area contributed by atoms with Crippen molar-refractivity contribution in [2.45, 2.75) is 91.5 Å². The van der Waals surface area contributed by atoms with Crippen LogP contribution in [-0.2, 0) is 30.5 Å². The molecular formula is C33H44N4O. The van der Waals surface area contributed by atoms with E-state index in [1.165, 1.54) is 52.6 Å². The van der Waals surface area contributed by atoms with Crippen LogP contribution in [0.5, 0.6) is 0 Å². The highest BCUT2D eigenvalue weighted by atomic mass is 16.5. The second kappa shape index (κ2) is 11.5. The van der Waals surface area contributed by atoms with E-state index >= 15 is 0 Å². The molecule has 0 amide bonds. The molecule has 1 aromatic heterocycles. The molecule has 1 aliphatic heterocycles. The Labute approximate surface area is 229 Å². The van der Waals surface area contributed by atoms with Crippen molar-refractivity contribution in [3.05, 3.63) is 76.0 Å². The van der Waals surface area contributed by atoms with Gasteiger partial charge in [0.15, 0.2) is 5.82 Å². The summed E-state index contributed by atoms with van der Waals surface area (Å²) in [6.07, 6.45) is 5.89. The van der Waals surface area contributed by atoms with E-state index in [0.717, 1.165) is 49.8 Å². The van der Waals surface area contributed by atoms with Crippen LogP contribution in [0.4, 0.5) is 5.82 Å². The lowest BCUT2D eigenvalue weighted by atomic mass is 9.87. The van der Waals surface area contributed by atoms with Gasteiger partial charge in [-0.1, -0.05) is 56.3 Å². The van der Waals surface area contributed by atoms with Gasteiger partial charge in [0.1, 0.15) is 5.82 Å². The minimum absolute atomic E-state index is 0.169. The van der Waals surface area contributed by atoms with Gasteiger partial charge in [0.25, 0.3) is 0 Å². The second-order valence-corrected chi connectivity index (χ2v) is 11.3. The smallest absolute Gasteiger partial charge is 0.162 e. The van der Waals surface area contributed by atoms with Gasteiger partial charge >= 0.3 is 0 Å². The Morgan fingerprint density at radius 2 is 1.63 bits per heavy atom. The molecule has 0 spiro atoms. The van der Waals surface area contributed by atoms with Crippen LogP contribution in [0.1, 0.15) is 80.1 Å². The number of benzene rings is 2. The van der Waals surface area contributed by atoms with E-state index in [4.69, 9.17) is 14.7 Å². The van der Waals surface area contributed by atoms with Crippen LogP contribution in [0.2, 0.25) is 0 Å². The van der Waals surface area contributed by atoms with E-state index in [2.05, 4.69) is 93.9 Å². The first kappa shape index (κ1) is 26.8. The van der Waals surface area contributed by atoms with E-state index in [-0.39, 0.29) is 12.2 Å². The fourth-order valence-electron chi connectivity index (χ4n) is 6.57. The van der Waals surface area contributed by atoms with E-state index < -0.39 is 0 Å². The standard InChI is InChI=1S/C33H44N4O/c1-7-25-14-11-15-26(8-2)31(25)32-34-24(5)29(33(35-32)37-19-22(3)38-23(4)20-37)21-36(6)30-18-12-16-27-13-9-10-17-28(27)30/h9-11,13-15,17,22-23,30H,7-8,12,16,18-21H2,1-6H3/t22-,23-,30?/m0/s1. The fourth-order valence-corrected chi connectivity index (χ4v) is 6.57. The Morgan fingerprint density at radius 3 is 2.32 bits per heavy atom. The molecule has 202 valence electrons. The zero-order chi connectivity index (χ0) is 26.8. The van der Waals surface area contributed by atoms with Crippen molar-refractivity contribution < 1.29 is 4.74 Å². The third-order valence-electron chi connectivity index (χ3n) is 8.41. The molecule has 1 fully saturated rings. The quantitative estimate of drug-likeness (QED) is 0.352. The molecule has 0 N–H and O–H groups in total. The van der Waals surface area contributed by atoms with E-state index in [1.54, 1.807) is 0 Å². The van der Waals surface area contributed by atoms with Crippen LogP contribution in [0.3, 0.4) is 0 Å². The van der Waals surface area contributed by atoms with Gasteiger partial charge in [-0.25, -0.2) is 9.97 Å². The van der Waals surface area contributed by atoms with Crippen LogP contribution in [0.25, 0.3) is 11.4 Å². The van der Waals surface area contributed by atoms with Gasteiger partial charge in [-0.2, -0.15) is 0 Å². The van der Waals surface area contributed by atoms with Gasteiger partial charge in [-0.3, -0.25) is 4.90 Å². The first-order chi connectivity index (χ1) is 18.4. The first-order valence-electron chi connectivity index (χ1n) is 14.6. The van der Waals surface area contributed by atoms with Gasteiger partial charge in [0, 0.05) is 42.5 Å². The Bertz CT molecular complexity index is 1240. The van der Waals surface area contributed by atoms with Crippen molar-refractivity contribution in [1.82, 2.24) is 14.9 Å². The molecule has 3 aromatic rings. The van der Waals surface area contributed by atoms with Gasteiger partial charge in [-0.15, -0.1) is 0 Å². The van der Waals surface area contributed by atoms with E-state index in [0.29, 0.717) is 6.04 Å². The molecule has 0 radical (unpaired) electrons. The minimum atomic E-state index is 0.169. The first-order valence-corrected chi connectivity index (χ1v) is 14.6. The molecule has 0 bridgehead atoms. The molecule has 1 saturated heterocycles. The van der Waals surface area contributed by atoms with Crippen molar-refractivity contribution in [3.63, 3.8) is 0 Å². The molecule has 2 aliphatic rings. The van der Waals surface area contributed by atoms with Crippen LogP contribution >= 0.6 is 0 Å². The van der Waals surface area contributed by atoms with Crippen LogP contribution in [0, 0.1) is 6.92 Å². The number of aromatic nitrogens is 2. The number of hydrogen-bond acceptors (Lipinski definition) is 5. The third-order valence-corrected chi connectivity index (χ3v) is 8.41. The van der Waals surface area contributed by atoms with Crippen molar-refractivity contribution >= 4 is 5.82 Å². The predicted octanol–water partition coefficient (Wildman–Crippen LogP) is 6.70. The summed E-state index contributed by atoms with van der Waals surface area (Å²) in [5.74, 6) is 1.95.